The van der Waals surface area contributed by atoms with Crippen LogP contribution >= 0.6 is 11.3 Å². The monoisotopic (exact) mass is 301 g/mol. The predicted octanol–water partition coefficient (Wildman–Crippen LogP) is 3.14. The Morgan fingerprint density at radius 1 is 1.14 bits per heavy atom. The standard InChI is InChI=1S/C15H15N3O2S/c1-18(2)15-17-13(8-21-15)12-7-14(19)10-5-4-9(20-3)6-11(10)16-12/h4-8H,1-3H3,(H,16,19). The van der Waals surface area contributed by atoms with E-state index in [1.54, 1.807) is 31.4 Å². The second-order valence-electron chi connectivity index (χ2n) is 4.82. The van der Waals surface area contributed by atoms with E-state index < -0.39 is 0 Å². The van der Waals surface area contributed by atoms with Gasteiger partial charge in [-0.2, -0.15) is 0 Å². The summed E-state index contributed by atoms with van der Waals surface area (Å²) >= 11 is 1.54. The first kappa shape index (κ1) is 13.6. The highest BCUT2D eigenvalue weighted by Gasteiger charge is 2.11. The predicted molar refractivity (Wildman–Crippen MR) is 85.4 cm³/mol. The maximum absolute atomic E-state index is 10.2. The van der Waals surface area contributed by atoms with E-state index in [4.69, 9.17) is 4.74 Å². The van der Waals surface area contributed by atoms with Crippen LogP contribution in [0.25, 0.3) is 22.3 Å². The molecule has 0 aliphatic heterocycles. The van der Waals surface area contributed by atoms with Crippen molar-refractivity contribution in [2.24, 2.45) is 0 Å². The molecular formula is C15H15N3O2S. The van der Waals surface area contributed by atoms with Crippen molar-refractivity contribution in [1.82, 2.24) is 9.97 Å². The van der Waals surface area contributed by atoms with Crippen LogP contribution in [-0.2, 0) is 0 Å². The summed E-state index contributed by atoms with van der Waals surface area (Å²) in [5.74, 6) is 0.899. The van der Waals surface area contributed by atoms with Gasteiger partial charge in [-0.05, 0) is 12.1 Å². The summed E-state index contributed by atoms with van der Waals surface area (Å²) in [5.41, 5.74) is 2.09. The lowest BCUT2D eigenvalue weighted by Gasteiger charge is -2.07. The van der Waals surface area contributed by atoms with Gasteiger partial charge in [0, 0.05) is 37.0 Å². The number of thiazole rings is 1. The summed E-state index contributed by atoms with van der Waals surface area (Å²) in [6, 6.07) is 7.05. The molecule has 108 valence electrons. The summed E-state index contributed by atoms with van der Waals surface area (Å²) in [4.78, 5) is 11.0. The SMILES string of the molecule is COc1ccc2c(O)cc(-c3csc(N(C)C)n3)nc2c1. The first-order chi connectivity index (χ1) is 10.1. The number of hydrogen-bond donors (Lipinski definition) is 1. The molecule has 0 bridgehead atoms. The molecule has 0 aliphatic carbocycles. The highest BCUT2D eigenvalue weighted by atomic mass is 32.1. The van der Waals surface area contributed by atoms with E-state index in [9.17, 15) is 5.11 Å². The van der Waals surface area contributed by atoms with Crippen LogP contribution in [0, 0.1) is 0 Å². The molecule has 21 heavy (non-hydrogen) atoms. The molecule has 5 nitrogen and oxygen atoms in total. The molecule has 0 amide bonds. The molecule has 2 heterocycles. The molecule has 6 heteroatoms. The topological polar surface area (TPSA) is 58.5 Å². The minimum absolute atomic E-state index is 0.192. The van der Waals surface area contributed by atoms with Crippen molar-refractivity contribution in [2.45, 2.75) is 0 Å². The third-order valence-electron chi connectivity index (χ3n) is 3.13. The number of pyridine rings is 1. The summed E-state index contributed by atoms with van der Waals surface area (Å²) in [7, 11) is 5.49. The van der Waals surface area contributed by atoms with Gasteiger partial charge in [-0.15, -0.1) is 11.3 Å². The number of benzene rings is 1. The van der Waals surface area contributed by atoms with Gasteiger partial charge in [0.05, 0.1) is 18.3 Å². The first-order valence-electron chi connectivity index (χ1n) is 6.39. The third-order valence-corrected chi connectivity index (χ3v) is 4.14. The molecule has 0 saturated carbocycles. The highest BCUT2D eigenvalue weighted by molar-refractivity contribution is 7.14. The molecule has 0 fully saturated rings. The lowest BCUT2D eigenvalue weighted by Crippen LogP contribution is -2.07. The Morgan fingerprint density at radius 2 is 1.95 bits per heavy atom. The Morgan fingerprint density at radius 3 is 2.62 bits per heavy atom. The maximum Gasteiger partial charge on any atom is 0.185 e. The molecule has 0 aliphatic rings. The molecule has 1 aromatic carbocycles. The van der Waals surface area contributed by atoms with Crippen molar-refractivity contribution in [3.63, 3.8) is 0 Å². The fourth-order valence-electron chi connectivity index (χ4n) is 2.04. The fourth-order valence-corrected chi connectivity index (χ4v) is 2.79. The van der Waals surface area contributed by atoms with Crippen molar-refractivity contribution in [1.29, 1.82) is 0 Å². The molecular weight excluding hydrogens is 286 g/mol. The average molecular weight is 301 g/mol. The Balaban J connectivity index is 2.13. The highest BCUT2D eigenvalue weighted by Crippen LogP contribution is 2.32. The maximum atomic E-state index is 10.2. The van der Waals surface area contributed by atoms with Crippen molar-refractivity contribution >= 4 is 27.4 Å². The average Bonchev–Trinajstić information content (AvgIpc) is 2.96. The van der Waals surface area contributed by atoms with Crippen LogP contribution in [0.3, 0.4) is 0 Å². The number of fused-ring (bicyclic) bond motifs is 1. The van der Waals surface area contributed by atoms with Gasteiger partial charge in [-0.25, -0.2) is 9.97 Å². The first-order valence-corrected chi connectivity index (χ1v) is 7.27. The summed E-state index contributed by atoms with van der Waals surface area (Å²) in [6.07, 6.45) is 0. The van der Waals surface area contributed by atoms with E-state index in [-0.39, 0.29) is 5.75 Å². The molecule has 3 aromatic rings. The van der Waals surface area contributed by atoms with Crippen LogP contribution in [0.5, 0.6) is 11.5 Å². The van der Waals surface area contributed by atoms with Gasteiger partial charge in [0.2, 0.25) is 0 Å². The summed E-state index contributed by atoms with van der Waals surface area (Å²) in [6.45, 7) is 0. The second-order valence-corrected chi connectivity index (χ2v) is 5.66. The van der Waals surface area contributed by atoms with Crippen molar-refractivity contribution in [3.05, 3.63) is 29.6 Å². The van der Waals surface area contributed by atoms with Crippen molar-refractivity contribution in [3.8, 4) is 22.9 Å². The lowest BCUT2D eigenvalue weighted by molar-refractivity contribution is 0.415. The molecule has 2 aromatic heterocycles. The van der Waals surface area contributed by atoms with Crippen LogP contribution in [0.4, 0.5) is 5.13 Å². The zero-order valence-electron chi connectivity index (χ0n) is 12.0. The van der Waals surface area contributed by atoms with Gasteiger partial charge >= 0.3 is 0 Å². The Kier molecular flexibility index (Phi) is 3.39. The Hall–Kier alpha value is -2.34. The molecule has 3 rings (SSSR count). The van der Waals surface area contributed by atoms with Crippen molar-refractivity contribution in [2.75, 3.05) is 26.1 Å². The van der Waals surface area contributed by atoms with Crippen LogP contribution in [0.2, 0.25) is 0 Å². The minimum Gasteiger partial charge on any atom is -0.507 e. The zero-order valence-corrected chi connectivity index (χ0v) is 12.8. The number of ether oxygens (including phenoxy) is 1. The van der Waals surface area contributed by atoms with Crippen LogP contribution in [0.15, 0.2) is 29.6 Å². The molecule has 0 spiro atoms. The van der Waals surface area contributed by atoms with E-state index in [0.717, 1.165) is 10.8 Å². The van der Waals surface area contributed by atoms with Gasteiger partial charge in [0.25, 0.3) is 0 Å². The number of nitrogens with zero attached hydrogens (tertiary/aromatic N) is 3. The molecule has 0 unspecified atom stereocenters. The molecule has 0 saturated heterocycles. The van der Waals surface area contributed by atoms with Gasteiger partial charge in [0.1, 0.15) is 17.2 Å². The largest absolute Gasteiger partial charge is 0.507 e. The fraction of sp³-hybridized carbons (Fsp3) is 0.200. The summed E-state index contributed by atoms with van der Waals surface area (Å²) < 4.78 is 5.20. The second kappa shape index (κ2) is 5.21. The van der Waals surface area contributed by atoms with E-state index >= 15 is 0 Å². The number of methoxy groups -OCH3 is 1. The van der Waals surface area contributed by atoms with Gasteiger partial charge in [-0.1, -0.05) is 0 Å². The smallest absolute Gasteiger partial charge is 0.185 e. The van der Waals surface area contributed by atoms with Gasteiger partial charge in [0.15, 0.2) is 5.13 Å². The number of anilines is 1. The van der Waals surface area contributed by atoms with Gasteiger partial charge in [-0.3, -0.25) is 0 Å². The third kappa shape index (κ3) is 2.50. The Labute approximate surface area is 126 Å². The summed E-state index contributed by atoms with van der Waals surface area (Å²) in [5, 5.41) is 13.7. The van der Waals surface area contributed by atoms with E-state index in [1.165, 1.54) is 11.3 Å². The van der Waals surface area contributed by atoms with Crippen LogP contribution < -0.4 is 9.64 Å². The number of hydrogen-bond acceptors (Lipinski definition) is 6. The normalized spacial score (nSPS) is 10.8. The lowest BCUT2D eigenvalue weighted by atomic mass is 10.1. The molecule has 1 N–H and O–H groups in total. The van der Waals surface area contributed by atoms with Gasteiger partial charge < -0.3 is 14.7 Å². The number of aromatic nitrogens is 2. The van der Waals surface area contributed by atoms with E-state index in [1.807, 2.05) is 24.4 Å². The molecule has 0 radical (unpaired) electrons. The quantitative estimate of drug-likeness (QED) is 0.805. The number of aromatic hydroxyl groups is 1. The van der Waals surface area contributed by atoms with Crippen molar-refractivity contribution < 1.29 is 9.84 Å². The Bertz CT molecular complexity index is 799. The molecule has 0 atom stereocenters. The van der Waals surface area contributed by atoms with E-state index in [0.29, 0.717) is 22.3 Å². The van der Waals surface area contributed by atoms with Crippen LogP contribution in [-0.4, -0.2) is 36.3 Å². The minimum atomic E-state index is 0.192. The van der Waals surface area contributed by atoms with E-state index in [2.05, 4.69) is 9.97 Å². The number of rotatable bonds is 3. The zero-order chi connectivity index (χ0) is 15.0. The van der Waals surface area contributed by atoms with Crippen LogP contribution in [0.1, 0.15) is 0 Å².